The van der Waals surface area contributed by atoms with Gasteiger partial charge in [0.25, 0.3) is 10.1 Å². The van der Waals surface area contributed by atoms with Crippen LogP contribution in [-0.4, -0.2) is 20.8 Å². The highest BCUT2D eigenvalue weighted by atomic mass is 32.2. The average Bonchev–Trinajstić information content (AvgIpc) is 2.95. The predicted molar refractivity (Wildman–Crippen MR) is 188 cm³/mol. The smallest absolute Gasteiger partial charge is 0.264 e. The lowest BCUT2D eigenvalue weighted by molar-refractivity contribution is 0.182. The van der Waals surface area contributed by atoms with E-state index in [2.05, 4.69) is 62.5 Å². The summed E-state index contributed by atoms with van der Waals surface area (Å²) in [6.07, 6.45) is 50.7. The summed E-state index contributed by atoms with van der Waals surface area (Å²) in [6, 6.07) is 0. The Labute approximate surface area is 263 Å². The molecule has 0 radical (unpaired) electrons. The number of rotatable bonds is 32. The summed E-state index contributed by atoms with van der Waals surface area (Å²) < 4.78 is 28.9. The van der Waals surface area contributed by atoms with E-state index in [1.807, 2.05) is 0 Å². The van der Waals surface area contributed by atoms with E-state index in [1.165, 1.54) is 135 Å². The molecule has 0 bridgehead atoms. The molecule has 42 heavy (non-hydrogen) atoms. The third-order valence-corrected chi connectivity index (χ3v) is 8.39. The van der Waals surface area contributed by atoms with Crippen molar-refractivity contribution in [2.24, 2.45) is 0 Å². The van der Waals surface area contributed by atoms with Crippen molar-refractivity contribution >= 4 is 10.1 Å². The zero-order valence-electron chi connectivity index (χ0n) is 28.2. The molecule has 0 spiro atoms. The van der Waals surface area contributed by atoms with Crippen LogP contribution in [0.15, 0.2) is 48.6 Å². The van der Waals surface area contributed by atoms with Crippen LogP contribution in [0.2, 0.25) is 0 Å². The Kier molecular flexibility index (Phi) is 31.9. The summed E-state index contributed by atoms with van der Waals surface area (Å²) in [5.74, 6) is 0. The standard InChI is InChI=1S/C38H70O3S/c1-4-6-8-10-12-14-16-18-20-22-24-26-28-30-32-34-36-38(41-42(3,39)40)37-35-33-31-29-27-25-23-21-19-17-15-13-11-9-7-5-2/h12-15,18-21,38H,4-11,16-17,22-37H2,1-3H3. The first kappa shape index (κ1) is 40.9. The molecule has 0 unspecified atom stereocenters. The lowest BCUT2D eigenvalue weighted by Gasteiger charge is -2.16. The van der Waals surface area contributed by atoms with E-state index in [0.29, 0.717) is 0 Å². The molecule has 0 rings (SSSR count). The van der Waals surface area contributed by atoms with Crippen LogP contribution < -0.4 is 0 Å². The molecule has 0 N–H and O–H groups in total. The minimum atomic E-state index is -3.39. The molecule has 0 aliphatic rings. The van der Waals surface area contributed by atoms with Gasteiger partial charge in [-0.1, -0.05) is 152 Å². The quantitative estimate of drug-likeness (QED) is 0.0434. The molecule has 3 nitrogen and oxygen atoms in total. The fourth-order valence-corrected chi connectivity index (χ4v) is 5.90. The molecule has 0 aliphatic heterocycles. The largest absolute Gasteiger partial charge is 0.267 e. The van der Waals surface area contributed by atoms with Gasteiger partial charge in [-0.3, -0.25) is 4.18 Å². The zero-order valence-corrected chi connectivity index (χ0v) is 29.0. The van der Waals surface area contributed by atoms with Crippen LogP contribution in [0.4, 0.5) is 0 Å². The number of hydrogen-bond donors (Lipinski definition) is 0. The van der Waals surface area contributed by atoms with Crippen LogP contribution in [0.1, 0.15) is 181 Å². The van der Waals surface area contributed by atoms with Crippen molar-refractivity contribution in [3.63, 3.8) is 0 Å². The number of hydrogen-bond acceptors (Lipinski definition) is 3. The van der Waals surface area contributed by atoms with Crippen molar-refractivity contribution in [2.45, 2.75) is 187 Å². The molecular formula is C38H70O3S. The average molecular weight is 607 g/mol. The molecule has 0 amide bonds. The van der Waals surface area contributed by atoms with Crippen molar-refractivity contribution in [3.05, 3.63) is 48.6 Å². The summed E-state index contributed by atoms with van der Waals surface area (Å²) in [5, 5.41) is 0. The van der Waals surface area contributed by atoms with Gasteiger partial charge in [0.2, 0.25) is 0 Å². The van der Waals surface area contributed by atoms with Crippen molar-refractivity contribution in [1.29, 1.82) is 0 Å². The van der Waals surface area contributed by atoms with E-state index >= 15 is 0 Å². The van der Waals surface area contributed by atoms with E-state index in [0.717, 1.165) is 38.5 Å². The highest BCUT2D eigenvalue weighted by molar-refractivity contribution is 7.86. The van der Waals surface area contributed by atoms with Gasteiger partial charge in [-0.05, 0) is 77.0 Å². The normalized spacial score (nSPS) is 13.5. The van der Waals surface area contributed by atoms with E-state index < -0.39 is 10.1 Å². The predicted octanol–water partition coefficient (Wildman–Crippen LogP) is 12.7. The van der Waals surface area contributed by atoms with E-state index in [1.54, 1.807) is 0 Å². The van der Waals surface area contributed by atoms with Gasteiger partial charge in [-0.25, -0.2) is 0 Å². The molecule has 0 aromatic heterocycles. The minimum absolute atomic E-state index is 0.142. The van der Waals surface area contributed by atoms with Gasteiger partial charge in [0, 0.05) is 0 Å². The molecular weight excluding hydrogens is 536 g/mol. The van der Waals surface area contributed by atoms with Crippen LogP contribution in [0.5, 0.6) is 0 Å². The molecule has 0 atom stereocenters. The fourth-order valence-electron chi connectivity index (χ4n) is 5.21. The highest BCUT2D eigenvalue weighted by Gasteiger charge is 2.15. The Morgan fingerprint density at radius 2 is 0.762 bits per heavy atom. The Hall–Kier alpha value is -1.13. The van der Waals surface area contributed by atoms with Gasteiger partial charge in [0.1, 0.15) is 0 Å². The fraction of sp³-hybridized carbons (Fsp3) is 0.789. The lowest BCUT2D eigenvalue weighted by atomic mass is 10.0. The SMILES string of the molecule is CCCCCC=CCC=CCCCCCCCCC(CCCCCCCCC=CCC=CCCCCC)OS(C)(=O)=O. The molecule has 0 heterocycles. The second-order valence-corrected chi connectivity index (χ2v) is 13.8. The van der Waals surface area contributed by atoms with Crippen molar-refractivity contribution in [2.75, 3.05) is 6.26 Å². The minimum Gasteiger partial charge on any atom is -0.267 e. The summed E-state index contributed by atoms with van der Waals surface area (Å²) in [6.45, 7) is 4.50. The summed E-state index contributed by atoms with van der Waals surface area (Å²) >= 11 is 0. The van der Waals surface area contributed by atoms with Gasteiger partial charge in [0.05, 0.1) is 12.4 Å². The molecule has 0 fully saturated rings. The van der Waals surface area contributed by atoms with Gasteiger partial charge in [-0.2, -0.15) is 8.42 Å². The first-order valence-electron chi connectivity index (χ1n) is 18.0. The molecule has 0 aliphatic carbocycles. The summed E-state index contributed by atoms with van der Waals surface area (Å²) in [4.78, 5) is 0. The Bertz CT molecular complexity index is 715. The van der Waals surface area contributed by atoms with Gasteiger partial charge in [0.15, 0.2) is 0 Å². The topological polar surface area (TPSA) is 43.4 Å². The van der Waals surface area contributed by atoms with Crippen LogP contribution in [-0.2, 0) is 14.3 Å². The van der Waals surface area contributed by atoms with E-state index in [9.17, 15) is 8.42 Å². The second kappa shape index (κ2) is 32.8. The molecule has 4 heteroatoms. The Morgan fingerprint density at radius 3 is 1.10 bits per heavy atom. The van der Waals surface area contributed by atoms with Crippen molar-refractivity contribution in [3.8, 4) is 0 Å². The molecule has 0 saturated heterocycles. The van der Waals surface area contributed by atoms with Crippen LogP contribution in [0.25, 0.3) is 0 Å². The molecule has 0 aromatic carbocycles. The number of allylic oxidation sites excluding steroid dienone is 8. The summed E-state index contributed by atoms with van der Waals surface area (Å²) in [7, 11) is -3.39. The van der Waals surface area contributed by atoms with Gasteiger partial charge >= 0.3 is 0 Å². The van der Waals surface area contributed by atoms with Crippen LogP contribution in [0, 0.1) is 0 Å². The Morgan fingerprint density at radius 1 is 0.452 bits per heavy atom. The Balaban J connectivity index is 3.75. The third kappa shape index (κ3) is 35.1. The first-order chi connectivity index (χ1) is 20.5. The number of unbranched alkanes of at least 4 members (excludes halogenated alkanes) is 18. The first-order valence-corrected chi connectivity index (χ1v) is 19.8. The lowest BCUT2D eigenvalue weighted by Crippen LogP contribution is -2.17. The van der Waals surface area contributed by atoms with Gasteiger partial charge in [-0.15, -0.1) is 0 Å². The highest BCUT2D eigenvalue weighted by Crippen LogP contribution is 2.18. The molecule has 246 valence electrons. The van der Waals surface area contributed by atoms with E-state index in [4.69, 9.17) is 4.18 Å². The van der Waals surface area contributed by atoms with Gasteiger partial charge < -0.3 is 0 Å². The molecule has 0 aromatic rings. The van der Waals surface area contributed by atoms with Crippen molar-refractivity contribution < 1.29 is 12.6 Å². The maximum absolute atomic E-state index is 11.7. The molecule has 0 saturated carbocycles. The maximum Gasteiger partial charge on any atom is 0.264 e. The van der Waals surface area contributed by atoms with Crippen molar-refractivity contribution in [1.82, 2.24) is 0 Å². The maximum atomic E-state index is 11.7. The summed E-state index contributed by atoms with van der Waals surface area (Å²) in [5.41, 5.74) is 0. The third-order valence-electron chi connectivity index (χ3n) is 7.76. The van der Waals surface area contributed by atoms with Crippen LogP contribution in [0.3, 0.4) is 0 Å². The zero-order chi connectivity index (χ0) is 30.8. The van der Waals surface area contributed by atoms with Crippen LogP contribution >= 0.6 is 0 Å². The monoisotopic (exact) mass is 607 g/mol. The van der Waals surface area contributed by atoms with E-state index in [-0.39, 0.29) is 6.10 Å². The second-order valence-electron chi connectivity index (χ2n) is 12.2.